The normalized spacial score (nSPS) is 13.6. The molecule has 0 fully saturated rings. The van der Waals surface area contributed by atoms with Crippen molar-refractivity contribution in [3.05, 3.63) is 317 Å². The number of rotatable bonds is 8. The van der Waals surface area contributed by atoms with Crippen LogP contribution >= 0.6 is 0 Å². The predicted molar refractivity (Wildman–Crippen MR) is 279 cm³/mol. The summed E-state index contributed by atoms with van der Waals surface area (Å²) in [4.78, 5) is 2.41. The van der Waals surface area contributed by atoms with E-state index in [-0.39, 0.29) is 0 Å². The van der Waals surface area contributed by atoms with Crippen LogP contribution in [0.1, 0.15) is 44.5 Å². The molecule has 0 saturated carbocycles. The van der Waals surface area contributed by atoms with Crippen molar-refractivity contribution in [2.45, 2.75) is 10.8 Å². The molecule has 0 spiro atoms. The summed E-state index contributed by atoms with van der Waals surface area (Å²) in [6.07, 6.45) is 0. The van der Waals surface area contributed by atoms with Gasteiger partial charge < -0.3 is 4.90 Å². The van der Waals surface area contributed by atoms with E-state index in [1.165, 1.54) is 88.7 Å². The molecule has 1 nitrogen and oxygen atoms in total. The van der Waals surface area contributed by atoms with Crippen LogP contribution in [0.3, 0.4) is 0 Å². The Morgan fingerprint density at radius 2 is 0.701 bits per heavy atom. The molecule has 0 unspecified atom stereocenters. The van der Waals surface area contributed by atoms with E-state index in [1.54, 1.807) is 0 Å². The summed E-state index contributed by atoms with van der Waals surface area (Å²) in [5.74, 6) is 0. The Morgan fingerprint density at radius 3 is 1.33 bits per heavy atom. The van der Waals surface area contributed by atoms with Gasteiger partial charge in [-0.25, -0.2) is 0 Å². The molecule has 13 rings (SSSR count). The van der Waals surface area contributed by atoms with Crippen molar-refractivity contribution in [2.75, 3.05) is 4.90 Å². The smallest absolute Gasteiger partial charge is 0.0714 e. The second-order valence-electron chi connectivity index (χ2n) is 17.9. The highest BCUT2D eigenvalue weighted by atomic mass is 15.1. The molecule has 0 saturated heterocycles. The van der Waals surface area contributed by atoms with Crippen LogP contribution in [0.4, 0.5) is 17.1 Å². The van der Waals surface area contributed by atoms with E-state index in [0.717, 1.165) is 17.1 Å². The second-order valence-corrected chi connectivity index (χ2v) is 17.9. The van der Waals surface area contributed by atoms with Gasteiger partial charge in [-0.05, 0) is 131 Å². The predicted octanol–water partition coefficient (Wildman–Crippen LogP) is 16.7. The van der Waals surface area contributed by atoms with Gasteiger partial charge >= 0.3 is 0 Å². The maximum absolute atomic E-state index is 2.47. The summed E-state index contributed by atoms with van der Waals surface area (Å²) in [7, 11) is 0. The minimum Gasteiger partial charge on any atom is -0.310 e. The average molecular weight is 852 g/mol. The van der Waals surface area contributed by atoms with Crippen LogP contribution in [0, 0.1) is 0 Å². The van der Waals surface area contributed by atoms with Crippen LogP contribution in [0.15, 0.2) is 273 Å². The van der Waals surface area contributed by atoms with E-state index < -0.39 is 10.8 Å². The lowest BCUT2D eigenvalue weighted by molar-refractivity contribution is 0.768. The van der Waals surface area contributed by atoms with Gasteiger partial charge in [0.05, 0.1) is 10.8 Å². The van der Waals surface area contributed by atoms with Crippen LogP contribution < -0.4 is 4.90 Å². The minimum atomic E-state index is -0.501. The van der Waals surface area contributed by atoms with Crippen LogP contribution in [0.5, 0.6) is 0 Å². The molecule has 0 heterocycles. The van der Waals surface area contributed by atoms with Gasteiger partial charge in [0.2, 0.25) is 0 Å². The maximum atomic E-state index is 2.47. The van der Waals surface area contributed by atoms with Crippen molar-refractivity contribution in [3.8, 4) is 33.4 Å². The number of anilines is 3. The van der Waals surface area contributed by atoms with Crippen molar-refractivity contribution in [1.82, 2.24) is 0 Å². The number of hydrogen-bond donors (Lipinski definition) is 0. The molecular formula is C66H45N. The zero-order chi connectivity index (χ0) is 44.4. The van der Waals surface area contributed by atoms with Crippen molar-refractivity contribution in [2.24, 2.45) is 0 Å². The molecule has 0 bridgehead atoms. The number of para-hydroxylation sites is 1. The van der Waals surface area contributed by atoms with E-state index in [2.05, 4.69) is 278 Å². The van der Waals surface area contributed by atoms with Crippen LogP contribution in [-0.4, -0.2) is 0 Å². The molecule has 0 atom stereocenters. The third-order valence-corrected chi connectivity index (χ3v) is 14.6. The fraction of sp³-hybridized carbons (Fsp3) is 0.0303. The topological polar surface area (TPSA) is 3.24 Å². The lowest BCUT2D eigenvalue weighted by atomic mass is 9.67. The van der Waals surface area contributed by atoms with E-state index in [0.29, 0.717) is 0 Å². The molecule has 67 heavy (non-hydrogen) atoms. The zero-order valence-electron chi connectivity index (χ0n) is 36.9. The highest BCUT2D eigenvalue weighted by molar-refractivity contribution is 6.04. The lowest BCUT2D eigenvalue weighted by Crippen LogP contribution is -2.28. The highest BCUT2D eigenvalue weighted by Crippen LogP contribution is 2.59. The third-order valence-electron chi connectivity index (χ3n) is 14.6. The fourth-order valence-electron chi connectivity index (χ4n) is 11.8. The molecule has 2 aliphatic rings. The molecule has 0 N–H and O–H groups in total. The van der Waals surface area contributed by atoms with Crippen LogP contribution in [0.2, 0.25) is 0 Å². The van der Waals surface area contributed by atoms with Crippen LogP contribution in [-0.2, 0) is 10.8 Å². The Balaban J connectivity index is 0.973. The first-order chi connectivity index (χ1) is 33.2. The van der Waals surface area contributed by atoms with Crippen LogP contribution in [0.25, 0.3) is 44.2 Å². The van der Waals surface area contributed by atoms with Gasteiger partial charge in [-0.1, -0.05) is 231 Å². The number of hydrogen-bond acceptors (Lipinski definition) is 1. The minimum absolute atomic E-state index is 0.495. The summed E-state index contributed by atoms with van der Waals surface area (Å²) in [5.41, 5.74) is 20.1. The fourth-order valence-corrected chi connectivity index (χ4v) is 11.8. The quantitative estimate of drug-likeness (QED) is 0.147. The number of nitrogens with zero attached hydrogens (tertiary/aromatic N) is 1. The Labute approximate surface area is 392 Å². The Morgan fingerprint density at radius 1 is 0.254 bits per heavy atom. The number of fused-ring (bicyclic) bond motifs is 8. The lowest BCUT2D eigenvalue weighted by Gasteiger charge is -2.35. The molecule has 0 amide bonds. The molecule has 2 aliphatic carbocycles. The standard InChI is InChI=1S/C66H45N/c1-6-21-49(22-7-1)65(50-23-8-2-9-24-50)60-33-19-18-32-57(60)58-42-40-55(45-63(58)65)67(53-29-14-5-15-30-53)54-38-34-46(35-39-54)48-36-41-59-62(44-48)66(51-25-10-3-11-26-51,52-27-12-4-13-28-52)61-43-37-47-20-16-17-31-56(47)64(59)61/h1-45H. The molecule has 314 valence electrons. The zero-order valence-corrected chi connectivity index (χ0v) is 36.9. The van der Waals surface area contributed by atoms with E-state index in [1.807, 2.05) is 0 Å². The summed E-state index contributed by atoms with van der Waals surface area (Å²) in [6.45, 7) is 0. The SMILES string of the molecule is c1ccc(N(c2ccc(-c3ccc4c(c3)C(c3ccccc3)(c3ccccc3)c3ccc5ccccc5c3-4)cc2)c2ccc3c(c2)C(c2ccccc2)(c2ccccc2)c2ccccc2-3)cc1. The Hall–Kier alpha value is -8.52. The summed E-state index contributed by atoms with van der Waals surface area (Å²) >= 11 is 0. The Kier molecular flexibility index (Phi) is 9.05. The molecule has 11 aromatic carbocycles. The van der Waals surface area contributed by atoms with E-state index in [4.69, 9.17) is 0 Å². The van der Waals surface area contributed by atoms with Crippen molar-refractivity contribution >= 4 is 27.8 Å². The molecule has 11 aromatic rings. The van der Waals surface area contributed by atoms with Gasteiger partial charge in [-0.3, -0.25) is 0 Å². The van der Waals surface area contributed by atoms with Gasteiger partial charge in [-0.2, -0.15) is 0 Å². The first kappa shape index (κ1) is 38.9. The second kappa shape index (κ2) is 15.6. The summed E-state index contributed by atoms with van der Waals surface area (Å²) in [5, 5.41) is 2.54. The molecule has 0 radical (unpaired) electrons. The maximum Gasteiger partial charge on any atom is 0.0714 e. The molecule has 0 aromatic heterocycles. The van der Waals surface area contributed by atoms with Gasteiger partial charge in [0.25, 0.3) is 0 Å². The van der Waals surface area contributed by atoms with Gasteiger partial charge in [0.1, 0.15) is 0 Å². The van der Waals surface area contributed by atoms with Crippen molar-refractivity contribution < 1.29 is 0 Å². The number of benzene rings is 11. The third kappa shape index (κ3) is 5.81. The summed E-state index contributed by atoms with van der Waals surface area (Å²) in [6, 6.07) is 101. The first-order valence-corrected chi connectivity index (χ1v) is 23.3. The monoisotopic (exact) mass is 851 g/mol. The molecule has 0 aliphatic heterocycles. The van der Waals surface area contributed by atoms with Gasteiger partial charge in [0, 0.05) is 17.1 Å². The van der Waals surface area contributed by atoms with Gasteiger partial charge in [-0.15, -0.1) is 0 Å². The summed E-state index contributed by atoms with van der Waals surface area (Å²) < 4.78 is 0. The van der Waals surface area contributed by atoms with Crippen molar-refractivity contribution in [3.63, 3.8) is 0 Å². The molecular weight excluding hydrogens is 807 g/mol. The highest BCUT2D eigenvalue weighted by Gasteiger charge is 2.48. The van der Waals surface area contributed by atoms with Crippen molar-refractivity contribution in [1.29, 1.82) is 0 Å². The molecule has 1 heteroatoms. The first-order valence-electron chi connectivity index (χ1n) is 23.3. The average Bonchev–Trinajstić information content (AvgIpc) is 3.88. The van der Waals surface area contributed by atoms with E-state index >= 15 is 0 Å². The largest absolute Gasteiger partial charge is 0.310 e. The Bertz CT molecular complexity index is 3520. The van der Waals surface area contributed by atoms with Gasteiger partial charge in [0.15, 0.2) is 0 Å². The van der Waals surface area contributed by atoms with E-state index in [9.17, 15) is 0 Å².